The number of Topliss-reactive ketones (excluding diaryl/α,β-unsaturated/α-hetero) is 1. The van der Waals surface area contributed by atoms with Gasteiger partial charge in [0.1, 0.15) is 6.07 Å². The van der Waals surface area contributed by atoms with E-state index in [2.05, 4.69) is 11.0 Å². The summed E-state index contributed by atoms with van der Waals surface area (Å²) in [5, 5.41) is 9.94. The molecule has 2 aliphatic heterocycles. The van der Waals surface area contributed by atoms with E-state index < -0.39 is 0 Å². The van der Waals surface area contributed by atoms with E-state index in [1.807, 2.05) is 67.6 Å². The molecule has 0 bridgehead atoms. The second-order valence-electron chi connectivity index (χ2n) is 7.45. The van der Waals surface area contributed by atoms with Crippen molar-refractivity contribution in [2.45, 2.75) is 18.6 Å². The van der Waals surface area contributed by atoms with Crippen LogP contribution in [-0.4, -0.2) is 42.2 Å². The minimum absolute atomic E-state index is 0.0379. The van der Waals surface area contributed by atoms with Crippen LogP contribution < -0.4 is 0 Å². The highest BCUT2D eigenvalue weighted by atomic mass is 32.2. The Kier molecular flexibility index (Phi) is 6.76. The summed E-state index contributed by atoms with van der Waals surface area (Å²) in [6.45, 7) is 4.50. The number of ketones is 1. The first-order valence-corrected chi connectivity index (χ1v) is 11.2. The number of ether oxygens (including phenoxy) is 2. The molecule has 0 saturated carbocycles. The zero-order valence-electron chi connectivity index (χ0n) is 17.4. The lowest BCUT2D eigenvalue weighted by atomic mass is 10.1. The molecular weight excluding hydrogens is 408 g/mol. The van der Waals surface area contributed by atoms with E-state index in [1.54, 1.807) is 0 Å². The molecular formula is C25H24N2O3S. The smallest absolute Gasteiger partial charge is 0.210 e. The van der Waals surface area contributed by atoms with Crippen molar-refractivity contribution in [1.29, 1.82) is 5.26 Å². The Morgan fingerprint density at radius 3 is 2.35 bits per heavy atom. The van der Waals surface area contributed by atoms with Crippen molar-refractivity contribution in [3.05, 3.63) is 88.2 Å². The van der Waals surface area contributed by atoms with Crippen molar-refractivity contribution in [3.63, 3.8) is 0 Å². The van der Waals surface area contributed by atoms with Crippen LogP contribution in [0.25, 0.3) is 5.76 Å². The zero-order valence-corrected chi connectivity index (χ0v) is 18.2. The van der Waals surface area contributed by atoms with Gasteiger partial charge in [-0.25, -0.2) is 0 Å². The number of morpholine rings is 1. The van der Waals surface area contributed by atoms with Gasteiger partial charge < -0.3 is 14.4 Å². The summed E-state index contributed by atoms with van der Waals surface area (Å²) < 4.78 is 12.0. The summed E-state index contributed by atoms with van der Waals surface area (Å²) in [5.74, 6) is 0.966. The number of hydrogen-bond acceptors (Lipinski definition) is 6. The normalized spacial score (nSPS) is 24.5. The molecule has 1 fully saturated rings. The molecule has 1 atom stereocenters. The molecule has 5 nitrogen and oxygen atoms in total. The highest BCUT2D eigenvalue weighted by Crippen LogP contribution is 2.40. The van der Waals surface area contributed by atoms with Gasteiger partial charge >= 0.3 is 0 Å². The van der Waals surface area contributed by atoms with Gasteiger partial charge in [0.15, 0.2) is 5.76 Å². The lowest BCUT2D eigenvalue weighted by Crippen LogP contribution is -2.37. The number of nitriles is 1. The largest absolute Gasteiger partial charge is 0.438 e. The van der Waals surface area contributed by atoms with Crippen molar-refractivity contribution < 1.29 is 14.3 Å². The molecule has 2 aromatic rings. The van der Waals surface area contributed by atoms with Crippen molar-refractivity contribution >= 4 is 23.3 Å². The first-order chi connectivity index (χ1) is 15.2. The molecule has 31 heavy (non-hydrogen) atoms. The second kappa shape index (κ2) is 9.86. The highest BCUT2D eigenvalue weighted by Gasteiger charge is 2.30. The van der Waals surface area contributed by atoms with Crippen molar-refractivity contribution in [2.24, 2.45) is 0 Å². The molecule has 1 saturated heterocycles. The Morgan fingerprint density at radius 1 is 1.06 bits per heavy atom. The predicted octanol–water partition coefficient (Wildman–Crippen LogP) is 4.85. The van der Waals surface area contributed by atoms with E-state index in [-0.39, 0.29) is 11.0 Å². The number of carbonyl (C=O) groups is 1. The Bertz CT molecular complexity index is 1040. The van der Waals surface area contributed by atoms with Crippen LogP contribution in [0, 0.1) is 11.3 Å². The number of nitrogens with zero attached hydrogens (tertiary/aromatic N) is 2. The number of rotatable bonds is 4. The third-order valence-corrected chi connectivity index (χ3v) is 6.36. The van der Waals surface area contributed by atoms with E-state index in [0.29, 0.717) is 60.4 Å². The van der Waals surface area contributed by atoms with Crippen molar-refractivity contribution in [2.75, 3.05) is 26.3 Å². The molecule has 0 N–H and O–H groups in total. The van der Waals surface area contributed by atoms with Gasteiger partial charge in [0.2, 0.25) is 11.7 Å². The van der Waals surface area contributed by atoms with Crippen LogP contribution in [0.4, 0.5) is 0 Å². The average molecular weight is 433 g/mol. The van der Waals surface area contributed by atoms with Crippen molar-refractivity contribution in [1.82, 2.24) is 4.90 Å². The summed E-state index contributed by atoms with van der Waals surface area (Å²) in [6.07, 6.45) is 0.529. The number of thioether (sulfide) groups is 1. The quantitative estimate of drug-likeness (QED) is 0.644. The van der Waals surface area contributed by atoms with E-state index in [4.69, 9.17) is 9.47 Å². The lowest BCUT2D eigenvalue weighted by Gasteiger charge is -2.33. The third-order valence-electron chi connectivity index (χ3n) is 5.19. The highest BCUT2D eigenvalue weighted by molar-refractivity contribution is 8.04. The first-order valence-electron chi connectivity index (χ1n) is 10.4. The average Bonchev–Trinajstić information content (AvgIpc) is 2.82. The Morgan fingerprint density at radius 2 is 1.71 bits per heavy atom. The Hall–Kier alpha value is -3.01. The van der Waals surface area contributed by atoms with E-state index >= 15 is 0 Å². The molecule has 2 aromatic carbocycles. The Labute approximate surface area is 187 Å². The summed E-state index contributed by atoms with van der Waals surface area (Å²) in [6, 6.07) is 21.3. The minimum Gasteiger partial charge on any atom is -0.438 e. The molecule has 0 aromatic heterocycles. The number of benzene rings is 2. The molecule has 6 heteroatoms. The number of allylic oxidation sites excluding steroid dienone is 2. The van der Waals surface area contributed by atoms with Crippen LogP contribution in [0.5, 0.6) is 0 Å². The van der Waals surface area contributed by atoms with E-state index in [0.717, 1.165) is 5.56 Å². The van der Waals surface area contributed by atoms with Gasteiger partial charge in [-0.3, -0.25) is 4.79 Å². The maximum Gasteiger partial charge on any atom is 0.210 e. The van der Waals surface area contributed by atoms with E-state index in [9.17, 15) is 10.1 Å². The zero-order chi connectivity index (χ0) is 21.6. The van der Waals surface area contributed by atoms with Gasteiger partial charge in [-0.2, -0.15) is 5.26 Å². The fourth-order valence-corrected chi connectivity index (χ4v) is 4.79. The number of carbonyl (C=O) groups excluding carboxylic acids is 1. The Balaban J connectivity index is 1.87. The van der Waals surface area contributed by atoms with Crippen LogP contribution in [0.3, 0.4) is 0 Å². The summed E-state index contributed by atoms with van der Waals surface area (Å²) in [7, 11) is 0. The molecule has 4 rings (SSSR count). The topological polar surface area (TPSA) is 62.6 Å². The second-order valence-corrected chi connectivity index (χ2v) is 8.90. The van der Waals surface area contributed by atoms with Crippen LogP contribution in [0.2, 0.25) is 0 Å². The van der Waals surface area contributed by atoms with Crippen LogP contribution in [0.15, 0.2) is 77.0 Å². The monoisotopic (exact) mass is 432 g/mol. The van der Waals surface area contributed by atoms with Crippen molar-refractivity contribution in [3.8, 4) is 6.07 Å². The maximum absolute atomic E-state index is 13.6. The molecule has 0 aliphatic carbocycles. The molecule has 2 aliphatic rings. The maximum atomic E-state index is 13.6. The fraction of sp³-hybridized carbons (Fsp3) is 0.280. The summed E-state index contributed by atoms with van der Waals surface area (Å²) in [5.41, 5.74) is 2.03. The van der Waals surface area contributed by atoms with Gasteiger partial charge in [0.25, 0.3) is 0 Å². The lowest BCUT2D eigenvalue weighted by molar-refractivity contribution is 0.0302. The summed E-state index contributed by atoms with van der Waals surface area (Å²) >= 11 is 1.47. The molecule has 158 valence electrons. The molecule has 0 radical (unpaired) electrons. The first kappa shape index (κ1) is 21.2. The van der Waals surface area contributed by atoms with Gasteiger partial charge in [-0.15, -0.1) is 11.8 Å². The number of hydrogen-bond donors (Lipinski definition) is 0. The molecule has 2 heterocycles. The van der Waals surface area contributed by atoms with E-state index in [1.165, 1.54) is 11.8 Å². The minimum atomic E-state index is -0.0713. The van der Waals surface area contributed by atoms with Gasteiger partial charge in [0, 0.05) is 29.5 Å². The SMILES string of the molecule is CC1C/C(C#N)=C(/N2CCOCC2)O/C(c2ccccc2)=C(/C(=O)c2ccccc2)S1. The van der Waals surface area contributed by atoms with Crippen LogP contribution >= 0.6 is 11.8 Å². The third kappa shape index (κ3) is 4.84. The molecule has 0 amide bonds. The predicted molar refractivity (Wildman–Crippen MR) is 122 cm³/mol. The molecule has 0 spiro atoms. The van der Waals surface area contributed by atoms with Crippen LogP contribution in [0.1, 0.15) is 29.3 Å². The van der Waals surface area contributed by atoms with Gasteiger partial charge in [-0.05, 0) is 6.42 Å². The standard InChI is InChI=1S/C25H24N2O3S/c1-18-16-21(17-26)25(27-12-14-29-15-13-27)30-23(20-10-6-3-7-11-20)24(31-18)22(28)19-8-4-2-5-9-19/h2-11,18H,12-16H2,1H3/b24-23-,25-21+. The van der Waals surface area contributed by atoms with Gasteiger partial charge in [0.05, 0.1) is 23.7 Å². The molecule has 1 unspecified atom stereocenters. The fourth-order valence-electron chi connectivity index (χ4n) is 3.65. The van der Waals surface area contributed by atoms with Crippen LogP contribution in [-0.2, 0) is 9.47 Å². The van der Waals surface area contributed by atoms with Gasteiger partial charge in [-0.1, -0.05) is 67.6 Å². The summed E-state index contributed by atoms with van der Waals surface area (Å²) in [4.78, 5) is 16.2.